The van der Waals surface area contributed by atoms with Gasteiger partial charge in [-0.2, -0.15) is 0 Å². The van der Waals surface area contributed by atoms with Crippen LogP contribution in [0.5, 0.6) is 0 Å². The molecule has 18 heavy (non-hydrogen) atoms. The molecule has 2 aliphatic rings. The molecule has 100 valence electrons. The largest absolute Gasteiger partial charge is 0.478 e. The first-order chi connectivity index (χ1) is 8.29. The van der Waals surface area contributed by atoms with Crippen LogP contribution in [0.15, 0.2) is 0 Å². The van der Waals surface area contributed by atoms with E-state index in [9.17, 15) is 19.5 Å². The van der Waals surface area contributed by atoms with Crippen LogP contribution in [0.25, 0.3) is 0 Å². The first-order valence-corrected chi connectivity index (χ1v) is 6.17. The topological polar surface area (TPSA) is 136 Å². The summed E-state index contributed by atoms with van der Waals surface area (Å²) in [7, 11) is 0. The number of rotatable bonds is 2. The molecule has 0 aromatic heterocycles. The average molecular weight is 275 g/mol. The molecule has 0 aliphatic carbocycles. The molecule has 8 nitrogen and oxygen atoms in total. The third-order valence-electron chi connectivity index (χ3n) is 3.23. The van der Waals surface area contributed by atoms with Crippen LogP contribution in [0.3, 0.4) is 0 Å². The van der Waals surface area contributed by atoms with Gasteiger partial charge >= 0.3 is 12.1 Å². The Hall–Kier alpha value is -1.48. The van der Waals surface area contributed by atoms with Crippen molar-refractivity contribution in [1.29, 1.82) is 0 Å². The van der Waals surface area contributed by atoms with Crippen LogP contribution in [-0.2, 0) is 14.3 Å². The number of carbonyl (C=O) groups is 3. The fourth-order valence-electron chi connectivity index (χ4n) is 2.16. The maximum atomic E-state index is 11.5. The van der Waals surface area contributed by atoms with Gasteiger partial charge in [-0.05, 0) is 6.92 Å². The molecule has 3 unspecified atom stereocenters. The number of primary amides is 1. The molecule has 0 aromatic rings. The highest BCUT2D eigenvalue weighted by Gasteiger charge is 2.61. The molecule has 2 heterocycles. The van der Waals surface area contributed by atoms with Gasteiger partial charge in [-0.15, -0.1) is 11.8 Å². The number of amides is 2. The van der Waals surface area contributed by atoms with Gasteiger partial charge in [0.2, 0.25) is 11.5 Å². The predicted molar refractivity (Wildman–Crippen MR) is 61.6 cm³/mol. The molecule has 2 aliphatic heterocycles. The first kappa shape index (κ1) is 13.0. The van der Waals surface area contributed by atoms with Gasteiger partial charge in [-0.25, -0.2) is 9.59 Å². The number of carbonyl (C=O) groups excluding carboxylic acids is 2. The van der Waals surface area contributed by atoms with E-state index in [1.54, 1.807) is 6.92 Å². The summed E-state index contributed by atoms with van der Waals surface area (Å²) in [6.45, 7) is 1.38. The maximum Gasteiger partial charge on any atom is 0.405 e. The van der Waals surface area contributed by atoms with Crippen molar-refractivity contribution in [3.8, 4) is 0 Å². The fraction of sp³-hybridized carbons (Fsp3) is 0.667. The lowest BCUT2D eigenvalue weighted by molar-refractivity contribution is -0.168. The zero-order valence-electron chi connectivity index (χ0n) is 9.53. The Morgan fingerprint density at radius 3 is 2.72 bits per heavy atom. The van der Waals surface area contributed by atoms with Gasteiger partial charge in [0.25, 0.3) is 0 Å². The molecule has 0 radical (unpaired) electrons. The van der Waals surface area contributed by atoms with Crippen LogP contribution >= 0.6 is 11.8 Å². The van der Waals surface area contributed by atoms with Crippen LogP contribution in [0.2, 0.25) is 0 Å². The van der Waals surface area contributed by atoms with E-state index in [4.69, 9.17) is 16.2 Å². The number of carboxylic acid groups (broad SMARTS) is 1. The van der Waals surface area contributed by atoms with E-state index in [-0.39, 0.29) is 17.8 Å². The van der Waals surface area contributed by atoms with Gasteiger partial charge in [-0.3, -0.25) is 4.79 Å². The summed E-state index contributed by atoms with van der Waals surface area (Å²) in [5.74, 6) is -1.67. The summed E-state index contributed by atoms with van der Waals surface area (Å²) in [5, 5.41) is 8.45. The van der Waals surface area contributed by atoms with E-state index in [0.29, 0.717) is 0 Å². The highest BCUT2D eigenvalue weighted by atomic mass is 32.2. The van der Waals surface area contributed by atoms with Gasteiger partial charge in [0.15, 0.2) is 0 Å². The Labute approximate surface area is 107 Å². The van der Waals surface area contributed by atoms with Crippen molar-refractivity contribution in [2.45, 2.75) is 29.2 Å². The van der Waals surface area contributed by atoms with Crippen molar-refractivity contribution in [2.24, 2.45) is 11.5 Å². The second-order valence-corrected chi connectivity index (χ2v) is 5.74. The average Bonchev–Trinajstić information content (AvgIpc) is 2.29. The molecule has 2 saturated heterocycles. The molecule has 9 heteroatoms. The van der Waals surface area contributed by atoms with Crippen LogP contribution in [0, 0.1) is 0 Å². The smallest absolute Gasteiger partial charge is 0.405 e. The minimum Gasteiger partial charge on any atom is -0.478 e. The Morgan fingerprint density at radius 1 is 1.61 bits per heavy atom. The van der Waals surface area contributed by atoms with E-state index >= 15 is 0 Å². The second kappa shape index (κ2) is 4.02. The molecule has 0 aromatic carbocycles. The standard InChI is InChI=1S/C9H13N3O5S/c1-3-9(7(14)15,17-8(11)16)2-12-5(13)4(10)6(12)18-3/h3-4,6H,2,10H2,1H3,(H2,11,16)(H,14,15)/t3?,4?,6-,9?/m1/s1. The number of ether oxygens (including phenoxy) is 1. The minimum absolute atomic E-state index is 0.226. The van der Waals surface area contributed by atoms with Gasteiger partial charge < -0.3 is 26.2 Å². The third-order valence-corrected chi connectivity index (χ3v) is 4.85. The summed E-state index contributed by atoms with van der Waals surface area (Å²) < 4.78 is 4.77. The zero-order chi connectivity index (χ0) is 13.7. The number of thioether (sulfide) groups is 1. The second-order valence-electron chi connectivity index (χ2n) is 4.28. The van der Waals surface area contributed by atoms with Gasteiger partial charge in [0, 0.05) is 0 Å². The van der Waals surface area contributed by atoms with Crippen molar-refractivity contribution in [2.75, 3.05) is 6.54 Å². The SMILES string of the molecule is CC1S[C@@H]2C(N)C(=O)N2CC1(OC(N)=O)C(=O)O. The minimum atomic E-state index is -1.82. The normalized spacial score (nSPS) is 38.7. The Bertz CT molecular complexity index is 430. The van der Waals surface area contributed by atoms with Crippen molar-refractivity contribution >= 4 is 29.7 Å². The molecule has 2 rings (SSSR count). The van der Waals surface area contributed by atoms with Crippen LogP contribution in [0.1, 0.15) is 6.92 Å². The van der Waals surface area contributed by atoms with Crippen molar-refractivity contribution in [1.82, 2.24) is 4.90 Å². The molecule has 5 N–H and O–H groups in total. The van der Waals surface area contributed by atoms with Crippen LogP contribution in [0.4, 0.5) is 4.79 Å². The summed E-state index contributed by atoms with van der Waals surface area (Å²) >= 11 is 1.19. The highest BCUT2D eigenvalue weighted by molar-refractivity contribution is 8.00. The number of nitrogens with two attached hydrogens (primary N) is 2. The van der Waals surface area contributed by atoms with Crippen molar-refractivity contribution in [3.05, 3.63) is 0 Å². The van der Waals surface area contributed by atoms with Crippen LogP contribution < -0.4 is 11.5 Å². The summed E-state index contributed by atoms with van der Waals surface area (Å²) in [4.78, 5) is 35.1. The fourth-order valence-corrected chi connectivity index (χ4v) is 3.63. The maximum absolute atomic E-state index is 11.5. The Kier molecular flexibility index (Phi) is 2.90. The molecule has 2 fully saturated rings. The number of carboxylic acids is 1. The Morgan fingerprint density at radius 2 is 2.22 bits per heavy atom. The molecular formula is C9H13N3O5S. The number of hydrogen-bond acceptors (Lipinski definition) is 6. The molecule has 0 saturated carbocycles. The number of hydrogen-bond donors (Lipinski definition) is 3. The van der Waals surface area contributed by atoms with Gasteiger partial charge in [-0.1, -0.05) is 0 Å². The van der Waals surface area contributed by atoms with Crippen molar-refractivity contribution in [3.63, 3.8) is 0 Å². The lowest BCUT2D eigenvalue weighted by atomic mass is 9.95. The number of aliphatic carboxylic acids is 1. The molecule has 0 spiro atoms. The monoisotopic (exact) mass is 275 g/mol. The van der Waals surface area contributed by atoms with Gasteiger partial charge in [0.1, 0.15) is 11.4 Å². The molecular weight excluding hydrogens is 262 g/mol. The van der Waals surface area contributed by atoms with E-state index < -0.39 is 29.0 Å². The third kappa shape index (κ3) is 1.62. The van der Waals surface area contributed by atoms with Gasteiger partial charge in [0.05, 0.1) is 11.8 Å². The van der Waals surface area contributed by atoms with E-state index in [1.807, 2.05) is 0 Å². The lowest BCUT2D eigenvalue weighted by Crippen LogP contribution is -2.76. The summed E-state index contributed by atoms with van der Waals surface area (Å²) in [6, 6.07) is -0.627. The number of β-lactam (4-membered cyclic amide) rings is 1. The first-order valence-electron chi connectivity index (χ1n) is 5.23. The number of fused-ring (bicyclic) bond motifs is 1. The van der Waals surface area contributed by atoms with Crippen molar-refractivity contribution < 1.29 is 24.2 Å². The highest BCUT2D eigenvalue weighted by Crippen LogP contribution is 2.43. The van der Waals surface area contributed by atoms with E-state index in [1.165, 1.54) is 16.7 Å². The summed E-state index contributed by atoms with van der Waals surface area (Å²) in [6.07, 6.45) is -1.18. The lowest BCUT2D eigenvalue weighted by Gasteiger charge is -2.54. The quantitative estimate of drug-likeness (QED) is 0.524. The zero-order valence-corrected chi connectivity index (χ0v) is 10.3. The molecule has 2 amide bonds. The van der Waals surface area contributed by atoms with E-state index in [2.05, 4.69) is 0 Å². The molecule has 0 bridgehead atoms. The number of nitrogens with zero attached hydrogens (tertiary/aromatic N) is 1. The molecule has 4 atom stereocenters. The van der Waals surface area contributed by atoms with Crippen LogP contribution in [-0.4, -0.2) is 56.8 Å². The van der Waals surface area contributed by atoms with E-state index in [0.717, 1.165) is 0 Å². The summed E-state index contributed by atoms with van der Waals surface area (Å²) in [5.41, 5.74) is 8.70. The predicted octanol–water partition coefficient (Wildman–Crippen LogP) is -1.46. The Balaban J connectivity index is 2.28.